The first kappa shape index (κ1) is 17.7. The van der Waals surface area contributed by atoms with Crippen LogP contribution in [0.4, 0.5) is 0 Å². The van der Waals surface area contributed by atoms with Gasteiger partial charge in [0.1, 0.15) is 5.75 Å². The Morgan fingerprint density at radius 3 is 2.61 bits per heavy atom. The zero-order valence-corrected chi connectivity index (χ0v) is 14.0. The van der Waals surface area contributed by atoms with Gasteiger partial charge in [0.15, 0.2) is 6.61 Å². The van der Waals surface area contributed by atoms with Crippen LogP contribution in [0.25, 0.3) is 0 Å². The molecule has 1 aliphatic rings. The third kappa shape index (κ3) is 4.66. The molecule has 1 fully saturated rings. The fraction of sp³-hybridized carbons (Fsp3) is 0.533. The van der Waals surface area contributed by atoms with Crippen LogP contribution in [0.5, 0.6) is 5.75 Å². The molecule has 3 atom stereocenters. The minimum absolute atomic E-state index is 0.156. The second-order valence-corrected chi connectivity index (χ2v) is 7.51. The van der Waals surface area contributed by atoms with Gasteiger partial charge in [-0.05, 0) is 25.5 Å². The third-order valence-corrected chi connectivity index (χ3v) is 4.57. The molecule has 1 heterocycles. The molecule has 23 heavy (non-hydrogen) atoms. The lowest BCUT2D eigenvalue weighted by Gasteiger charge is -2.29. The maximum absolute atomic E-state index is 12.4. The molecule has 128 valence electrons. The zero-order valence-electron chi connectivity index (χ0n) is 13.2. The fourth-order valence-electron chi connectivity index (χ4n) is 2.94. The number of carbonyl (C=O) groups is 1. The Kier molecular flexibility index (Phi) is 5.61. The molecule has 1 aliphatic heterocycles. The minimum atomic E-state index is -3.41. The van der Waals surface area contributed by atoms with Crippen molar-refractivity contribution in [3.63, 3.8) is 0 Å². The first-order valence-corrected chi connectivity index (χ1v) is 9.28. The highest BCUT2D eigenvalue weighted by Crippen LogP contribution is 2.25. The molecule has 1 unspecified atom stereocenters. The lowest BCUT2D eigenvalue weighted by Crippen LogP contribution is -2.50. The summed E-state index contributed by atoms with van der Waals surface area (Å²) in [5.74, 6) is 0.303. The predicted molar refractivity (Wildman–Crippen MR) is 85.5 cm³/mol. The molecule has 0 bridgehead atoms. The summed E-state index contributed by atoms with van der Waals surface area (Å²) >= 11 is 0. The molecule has 1 amide bonds. The van der Waals surface area contributed by atoms with Crippen molar-refractivity contribution in [3.8, 4) is 5.75 Å². The quantitative estimate of drug-likeness (QED) is 0.757. The molecule has 8 heteroatoms. The highest BCUT2D eigenvalue weighted by molar-refractivity contribution is 7.88. The minimum Gasteiger partial charge on any atom is -0.484 e. The van der Waals surface area contributed by atoms with E-state index in [1.54, 1.807) is 24.3 Å². The van der Waals surface area contributed by atoms with Crippen LogP contribution >= 0.6 is 0 Å². The van der Waals surface area contributed by atoms with Crippen LogP contribution in [0, 0.1) is 0 Å². The van der Waals surface area contributed by atoms with Crippen molar-refractivity contribution in [3.05, 3.63) is 30.3 Å². The normalized spacial score (nSPS) is 24.7. The van der Waals surface area contributed by atoms with Gasteiger partial charge in [0.2, 0.25) is 10.0 Å². The van der Waals surface area contributed by atoms with E-state index in [0.29, 0.717) is 12.2 Å². The number of hydrogen-bond acceptors (Lipinski definition) is 5. The van der Waals surface area contributed by atoms with Gasteiger partial charge in [-0.2, -0.15) is 0 Å². The molecule has 7 nitrogen and oxygen atoms in total. The lowest BCUT2D eigenvalue weighted by molar-refractivity contribution is -0.137. The van der Waals surface area contributed by atoms with E-state index in [1.807, 2.05) is 13.0 Å². The Morgan fingerprint density at radius 1 is 1.39 bits per heavy atom. The van der Waals surface area contributed by atoms with Crippen molar-refractivity contribution in [2.24, 2.45) is 0 Å². The summed E-state index contributed by atoms with van der Waals surface area (Å²) in [6, 6.07) is 7.69. The van der Waals surface area contributed by atoms with Gasteiger partial charge < -0.3 is 14.7 Å². The van der Waals surface area contributed by atoms with Crippen LogP contribution in [0.3, 0.4) is 0 Å². The molecule has 0 spiro atoms. The Morgan fingerprint density at radius 2 is 2.04 bits per heavy atom. The van der Waals surface area contributed by atoms with E-state index in [-0.39, 0.29) is 25.2 Å². The Labute approximate surface area is 136 Å². The second kappa shape index (κ2) is 7.29. The third-order valence-electron chi connectivity index (χ3n) is 3.84. The summed E-state index contributed by atoms with van der Waals surface area (Å²) in [7, 11) is -3.41. The zero-order chi connectivity index (χ0) is 17.0. The number of benzene rings is 1. The van der Waals surface area contributed by atoms with E-state index in [4.69, 9.17) is 4.74 Å². The van der Waals surface area contributed by atoms with E-state index >= 15 is 0 Å². The van der Waals surface area contributed by atoms with Gasteiger partial charge in [-0.15, -0.1) is 0 Å². The Bertz CT molecular complexity index is 635. The van der Waals surface area contributed by atoms with Crippen LogP contribution in [-0.4, -0.2) is 61.9 Å². The number of nitrogens with one attached hydrogen (secondary N) is 1. The summed E-state index contributed by atoms with van der Waals surface area (Å²) in [5, 5.41) is 9.59. The number of amides is 1. The molecule has 0 aliphatic carbocycles. The number of sulfonamides is 1. The average Bonchev–Trinajstić information content (AvgIpc) is 2.79. The smallest absolute Gasteiger partial charge is 0.261 e. The molecule has 1 saturated heterocycles. The number of hydrogen-bond donors (Lipinski definition) is 2. The molecular weight excluding hydrogens is 320 g/mol. The molecule has 0 aromatic heterocycles. The maximum Gasteiger partial charge on any atom is 0.261 e. The van der Waals surface area contributed by atoms with Gasteiger partial charge in [0, 0.05) is 12.1 Å². The largest absolute Gasteiger partial charge is 0.484 e. The fourth-order valence-corrected chi connectivity index (χ4v) is 3.75. The number of rotatable bonds is 6. The van der Waals surface area contributed by atoms with Crippen LogP contribution in [0.2, 0.25) is 0 Å². The van der Waals surface area contributed by atoms with E-state index in [0.717, 1.165) is 6.26 Å². The Balaban J connectivity index is 2.03. The summed E-state index contributed by atoms with van der Waals surface area (Å²) in [4.78, 5) is 13.9. The second-order valence-electron chi connectivity index (χ2n) is 5.73. The highest BCUT2D eigenvalue weighted by Gasteiger charge is 2.42. The van der Waals surface area contributed by atoms with Gasteiger partial charge >= 0.3 is 0 Å². The lowest BCUT2D eigenvalue weighted by atomic mass is 10.1. The van der Waals surface area contributed by atoms with E-state index in [9.17, 15) is 18.3 Å². The van der Waals surface area contributed by atoms with Crippen molar-refractivity contribution >= 4 is 15.9 Å². The standard InChI is InChI=1S/C15H22N2O5S/c1-11-8-13(16-23(2,20)21)14(9-18)17(11)15(19)10-22-12-6-4-3-5-7-12/h3-7,11,13-14,16,18H,8-10H2,1-2H3/t11-,13-,14?/m0/s1. The Hall–Kier alpha value is -1.64. The molecule has 2 rings (SSSR count). The van der Waals surface area contributed by atoms with Gasteiger partial charge in [0.05, 0.1) is 18.9 Å². The molecule has 0 saturated carbocycles. The van der Waals surface area contributed by atoms with Crippen molar-refractivity contribution < 1.29 is 23.1 Å². The number of carbonyl (C=O) groups excluding carboxylic acids is 1. The predicted octanol–water partition coefficient (Wildman–Crippen LogP) is -0.0351. The summed E-state index contributed by atoms with van der Waals surface area (Å²) in [6.07, 6.45) is 1.52. The number of ether oxygens (including phenoxy) is 1. The topological polar surface area (TPSA) is 95.9 Å². The van der Waals surface area contributed by atoms with Crippen LogP contribution in [-0.2, 0) is 14.8 Å². The number of likely N-dealkylation sites (tertiary alicyclic amines) is 1. The van der Waals surface area contributed by atoms with Gasteiger partial charge in [0.25, 0.3) is 5.91 Å². The SMILES string of the molecule is C[C@H]1C[C@H](NS(C)(=O)=O)C(CO)N1C(=O)COc1ccccc1. The number of aliphatic hydroxyl groups excluding tert-OH is 1. The van der Waals surface area contributed by atoms with E-state index < -0.39 is 22.1 Å². The summed E-state index contributed by atoms with van der Waals surface area (Å²) in [5.41, 5.74) is 0. The first-order chi connectivity index (χ1) is 10.8. The van der Waals surface area contributed by atoms with Crippen LogP contribution in [0.1, 0.15) is 13.3 Å². The number of nitrogens with zero attached hydrogens (tertiary/aromatic N) is 1. The van der Waals surface area contributed by atoms with Crippen molar-refractivity contribution in [2.75, 3.05) is 19.5 Å². The molecular formula is C15H22N2O5S. The average molecular weight is 342 g/mol. The molecule has 0 radical (unpaired) electrons. The van der Waals surface area contributed by atoms with E-state index in [2.05, 4.69) is 4.72 Å². The molecule has 1 aromatic rings. The van der Waals surface area contributed by atoms with Gasteiger partial charge in [-0.25, -0.2) is 13.1 Å². The van der Waals surface area contributed by atoms with Crippen molar-refractivity contribution in [2.45, 2.75) is 31.5 Å². The van der Waals surface area contributed by atoms with Crippen molar-refractivity contribution in [1.29, 1.82) is 0 Å². The number of para-hydroxylation sites is 1. The highest BCUT2D eigenvalue weighted by atomic mass is 32.2. The van der Waals surface area contributed by atoms with Crippen LogP contribution in [0.15, 0.2) is 30.3 Å². The van der Waals surface area contributed by atoms with Gasteiger partial charge in [-0.1, -0.05) is 18.2 Å². The molecule has 1 aromatic carbocycles. The summed E-state index contributed by atoms with van der Waals surface area (Å²) in [6.45, 7) is 1.36. The van der Waals surface area contributed by atoms with Gasteiger partial charge in [-0.3, -0.25) is 4.79 Å². The monoisotopic (exact) mass is 342 g/mol. The van der Waals surface area contributed by atoms with Crippen LogP contribution < -0.4 is 9.46 Å². The van der Waals surface area contributed by atoms with E-state index in [1.165, 1.54) is 4.90 Å². The summed E-state index contributed by atoms with van der Waals surface area (Å²) < 4.78 is 30.8. The van der Waals surface area contributed by atoms with Crippen molar-refractivity contribution in [1.82, 2.24) is 9.62 Å². The molecule has 2 N–H and O–H groups in total. The number of aliphatic hydroxyl groups is 1. The maximum atomic E-state index is 12.4. The first-order valence-electron chi connectivity index (χ1n) is 7.39.